The van der Waals surface area contributed by atoms with Crippen molar-refractivity contribution < 1.29 is 33.4 Å². The standard InChI is InChI=1S/C22H21Cl4NO7/c1-5-6-11-19(8(2)20(33-10(4)29)12(34-11)7-32-9(3)28)27-21(30)13-14(22(27)31)16(24)18(26)17(25)15(13)23/h5,8,11-12,19-20H,1,6-7H2,2-4H3/t8-,11+,12?,19?,20-/m1/s1. The largest absolute Gasteiger partial charge is 0.463 e. The number of benzene rings is 1. The first-order chi connectivity index (χ1) is 15.9. The van der Waals surface area contributed by atoms with E-state index in [-0.39, 0.29) is 44.2 Å². The Morgan fingerprint density at radius 3 is 1.94 bits per heavy atom. The molecule has 0 bridgehead atoms. The first-order valence-corrected chi connectivity index (χ1v) is 11.7. The summed E-state index contributed by atoms with van der Waals surface area (Å²) in [5.41, 5.74) is -0.330. The van der Waals surface area contributed by atoms with Crippen LogP contribution in [0.5, 0.6) is 0 Å². The third kappa shape index (κ3) is 4.66. The van der Waals surface area contributed by atoms with Crippen LogP contribution in [-0.4, -0.2) is 59.6 Å². The number of nitrogens with zero attached hydrogens (tertiary/aromatic N) is 1. The number of ether oxygens (including phenoxy) is 3. The molecule has 1 aromatic carbocycles. The van der Waals surface area contributed by atoms with Gasteiger partial charge in [0.25, 0.3) is 11.8 Å². The van der Waals surface area contributed by atoms with Gasteiger partial charge in [0, 0.05) is 19.8 Å². The van der Waals surface area contributed by atoms with Crippen LogP contribution in [0, 0.1) is 5.92 Å². The highest BCUT2D eigenvalue weighted by atomic mass is 35.5. The van der Waals surface area contributed by atoms with Gasteiger partial charge in [0.05, 0.1) is 43.4 Å². The number of carbonyl (C=O) groups is 4. The second-order valence-electron chi connectivity index (χ2n) is 7.95. The summed E-state index contributed by atoms with van der Waals surface area (Å²) in [7, 11) is 0. The summed E-state index contributed by atoms with van der Waals surface area (Å²) in [5.74, 6) is -3.26. The van der Waals surface area contributed by atoms with Crippen molar-refractivity contribution in [2.45, 2.75) is 51.5 Å². The molecule has 2 heterocycles. The summed E-state index contributed by atoms with van der Waals surface area (Å²) in [6.07, 6.45) is -0.744. The molecule has 2 amide bonds. The molecule has 34 heavy (non-hydrogen) atoms. The Labute approximate surface area is 216 Å². The number of fused-ring (bicyclic) bond motifs is 1. The van der Waals surface area contributed by atoms with Crippen molar-refractivity contribution in [2.24, 2.45) is 5.92 Å². The molecule has 1 saturated heterocycles. The second kappa shape index (κ2) is 10.4. The summed E-state index contributed by atoms with van der Waals surface area (Å²) < 4.78 is 16.7. The maximum Gasteiger partial charge on any atom is 0.303 e. The molecule has 0 aromatic heterocycles. The van der Waals surface area contributed by atoms with Crippen LogP contribution < -0.4 is 0 Å². The number of imide groups is 1. The average molecular weight is 553 g/mol. The molecule has 5 atom stereocenters. The lowest BCUT2D eigenvalue weighted by Crippen LogP contribution is -2.62. The van der Waals surface area contributed by atoms with Crippen molar-refractivity contribution in [1.82, 2.24) is 4.90 Å². The normalized spacial score (nSPS) is 26.3. The van der Waals surface area contributed by atoms with Gasteiger partial charge in [-0.25, -0.2) is 0 Å². The number of halogens is 4. The number of hydrogen-bond donors (Lipinski definition) is 0. The van der Waals surface area contributed by atoms with Crippen molar-refractivity contribution in [2.75, 3.05) is 6.61 Å². The van der Waals surface area contributed by atoms with E-state index in [2.05, 4.69) is 6.58 Å². The highest BCUT2D eigenvalue weighted by Crippen LogP contribution is 2.47. The van der Waals surface area contributed by atoms with E-state index in [0.717, 1.165) is 4.90 Å². The quantitative estimate of drug-likeness (QED) is 0.165. The van der Waals surface area contributed by atoms with Crippen LogP contribution in [0.1, 0.15) is 47.9 Å². The van der Waals surface area contributed by atoms with E-state index >= 15 is 0 Å². The monoisotopic (exact) mass is 551 g/mol. The van der Waals surface area contributed by atoms with Gasteiger partial charge in [-0.3, -0.25) is 24.1 Å². The molecule has 2 aliphatic rings. The Balaban J connectivity index is 2.08. The predicted octanol–water partition coefficient (Wildman–Crippen LogP) is 4.74. The zero-order valence-electron chi connectivity index (χ0n) is 18.4. The Hall–Kier alpha value is -1.84. The van der Waals surface area contributed by atoms with Gasteiger partial charge >= 0.3 is 11.9 Å². The van der Waals surface area contributed by atoms with E-state index in [0.29, 0.717) is 0 Å². The predicted molar refractivity (Wildman–Crippen MR) is 126 cm³/mol. The average Bonchev–Trinajstić information content (AvgIpc) is 3.02. The van der Waals surface area contributed by atoms with Crippen molar-refractivity contribution in [1.29, 1.82) is 0 Å². The smallest absolute Gasteiger partial charge is 0.303 e. The highest BCUT2D eigenvalue weighted by molar-refractivity contribution is 6.55. The maximum absolute atomic E-state index is 13.5. The number of rotatable bonds is 6. The summed E-state index contributed by atoms with van der Waals surface area (Å²) in [6, 6.07) is -0.909. The molecule has 0 spiro atoms. The lowest BCUT2D eigenvalue weighted by atomic mass is 9.83. The molecule has 1 fully saturated rings. The lowest BCUT2D eigenvalue weighted by Gasteiger charge is -2.47. The Morgan fingerprint density at radius 1 is 0.971 bits per heavy atom. The molecule has 184 valence electrons. The van der Waals surface area contributed by atoms with Crippen LogP contribution in [0.4, 0.5) is 0 Å². The molecule has 2 unspecified atom stereocenters. The number of amides is 2. The molecule has 0 saturated carbocycles. The topological polar surface area (TPSA) is 99.2 Å². The Morgan fingerprint density at radius 2 is 1.50 bits per heavy atom. The minimum absolute atomic E-state index is 0.148. The summed E-state index contributed by atoms with van der Waals surface area (Å²) in [4.78, 5) is 51.1. The number of hydrogen-bond acceptors (Lipinski definition) is 7. The SMILES string of the molecule is C=CC[C@@H]1OC(COC(C)=O)[C@H](OC(C)=O)[C@H](C)C1N1C(=O)c2c(Cl)c(Cl)c(Cl)c(Cl)c2C1=O. The fraction of sp³-hybridized carbons (Fsp3) is 0.455. The third-order valence-electron chi connectivity index (χ3n) is 5.74. The molecule has 1 aromatic rings. The summed E-state index contributed by atoms with van der Waals surface area (Å²) in [6.45, 7) is 7.68. The van der Waals surface area contributed by atoms with Crippen molar-refractivity contribution >= 4 is 70.2 Å². The van der Waals surface area contributed by atoms with Crippen molar-refractivity contribution in [3.8, 4) is 0 Å². The lowest BCUT2D eigenvalue weighted by molar-refractivity contribution is -0.204. The second-order valence-corrected chi connectivity index (χ2v) is 9.46. The summed E-state index contributed by atoms with van der Waals surface area (Å²) in [5, 5.41) is -0.684. The highest BCUT2D eigenvalue weighted by Gasteiger charge is 2.54. The van der Waals surface area contributed by atoms with Gasteiger partial charge in [-0.05, 0) is 6.42 Å². The van der Waals surface area contributed by atoms with E-state index in [1.54, 1.807) is 13.0 Å². The summed E-state index contributed by atoms with van der Waals surface area (Å²) >= 11 is 24.8. The molecule has 0 N–H and O–H groups in total. The minimum Gasteiger partial charge on any atom is -0.463 e. The molecule has 0 aliphatic carbocycles. The van der Waals surface area contributed by atoms with Crippen molar-refractivity contribution in [3.05, 3.63) is 43.9 Å². The molecule has 3 rings (SSSR count). The molecular weight excluding hydrogens is 532 g/mol. The van der Waals surface area contributed by atoms with Gasteiger partial charge in [0.1, 0.15) is 18.8 Å². The van der Waals surface area contributed by atoms with Gasteiger partial charge in [0.15, 0.2) is 0 Å². The van der Waals surface area contributed by atoms with Gasteiger partial charge in [0.2, 0.25) is 0 Å². The van der Waals surface area contributed by atoms with E-state index in [1.807, 2.05) is 0 Å². The van der Waals surface area contributed by atoms with Crippen LogP contribution in [0.25, 0.3) is 0 Å². The first-order valence-electron chi connectivity index (χ1n) is 10.2. The van der Waals surface area contributed by atoms with Crippen LogP contribution in [-0.2, 0) is 23.8 Å². The van der Waals surface area contributed by atoms with Gasteiger partial charge in [-0.2, -0.15) is 0 Å². The van der Waals surface area contributed by atoms with Crippen LogP contribution in [0.2, 0.25) is 20.1 Å². The zero-order chi connectivity index (χ0) is 25.5. The van der Waals surface area contributed by atoms with E-state index in [9.17, 15) is 19.2 Å². The van der Waals surface area contributed by atoms with E-state index in [4.69, 9.17) is 60.6 Å². The van der Waals surface area contributed by atoms with Crippen LogP contribution >= 0.6 is 46.4 Å². The third-order valence-corrected chi connectivity index (χ3v) is 7.54. The number of esters is 2. The van der Waals surface area contributed by atoms with E-state index in [1.165, 1.54) is 13.8 Å². The van der Waals surface area contributed by atoms with Gasteiger partial charge < -0.3 is 14.2 Å². The van der Waals surface area contributed by atoms with Crippen LogP contribution in [0.3, 0.4) is 0 Å². The van der Waals surface area contributed by atoms with Crippen LogP contribution in [0.15, 0.2) is 12.7 Å². The Kier molecular flexibility index (Phi) is 8.20. The molecular formula is C22H21Cl4NO7. The fourth-order valence-electron chi connectivity index (χ4n) is 4.36. The first kappa shape index (κ1) is 26.8. The molecule has 0 radical (unpaired) electrons. The Bertz CT molecular complexity index is 1030. The van der Waals surface area contributed by atoms with Gasteiger partial charge in [-0.1, -0.05) is 59.4 Å². The fourth-order valence-corrected chi connectivity index (χ4v) is 5.37. The number of carbonyl (C=O) groups excluding carboxylic acids is 4. The minimum atomic E-state index is -0.939. The molecule has 12 heteroatoms. The van der Waals surface area contributed by atoms with Gasteiger partial charge in [-0.15, -0.1) is 6.58 Å². The molecule has 2 aliphatic heterocycles. The maximum atomic E-state index is 13.5. The zero-order valence-corrected chi connectivity index (χ0v) is 21.4. The van der Waals surface area contributed by atoms with Crippen molar-refractivity contribution in [3.63, 3.8) is 0 Å². The molecule has 8 nitrogen and oxygen atoms in total. The van der Waals surface area contributed by atoms with E-state index < -0.39 is 54.0 Å².